The van der Waals surface area contributed by atoms with Crippen LogP contribution in [0, 0.1) is 11.8 Å². The van der Waals surface area contributed by atoms with Gasteiger partial charge >= 0.3 is 5.97 Å². The zero-order valence-corrected chi connectivity index (χ0v) is 36.3. The van der Waals surface area contributed by atoms with Crippen LogP contribution in [0.2, 0.25) is 0 Å². The molecule has 23 nitrogen and oxygen atoms in total. The number of carboxylic acids is 1. The minimum atomic E-state index is -1.78. The Morgan fingerprint density at radius 1 is 0.661 bits per heavy atom. The summed E-state index contributed by atoms with van der Waals surface area (Å²) in [6, 6.07) is -10.8. The molecule has 0 aromatic heterocycles. The first-order valence-electron chi connectivity index (χ1n) is 20.9. The van der Waals surface area contributed by atoms with Crippen LogP contribution in [0.25, 0.3) is 0 Å². The lowest BCUT2D eigenvalue weighted by Gasteiger charge is -2.35. The molecule has 0 radical (unpaired) electrons. The van der Waals surface area contributed by atoms with Crippen LogP contribution < -0.4 is 43.8 Å². The third-order valence-electron chi connectivity index (χ3n) is 11.0. The van der Waals surface area contributed by atoms with Crippen molar-refractivity contribution in [3.05, 3.63) is 0 Å². The number of aliphatic hydroxyl groups is 2. The molecular weight excluding hydrogens is 816 g/mol. The number of carbonyl (C=O) groups is 10. The van der Waals surface area contributed by atoms with Gasteiger partial charge in [0, 0.05) is 19.5 Å². The Labute approximate surface area is 360 Å². The van der Waals surface area contributed by atoms with Crippen LogP contribution in [-0.2, 0) is 47.9 Å². The summed E-state index contributed by atoms with van der Waals surface area (Å²) in [4.78, 5) is 132. The van der Waals surface area contributed by atoms with Crippen LogP contribution >= 0.6 is 0 Å². The van der Waals surface area contributed by atoms with Gasteiger partial charge in [-0.05, 0) is 64.2 Å². The van der Waals surface area contributed by atoms with Crippen molar-refractivity contribution in [3.8, 4) is 0 Å². The number of hydrogen-bond donors (Lipinski definition) is 11. The van der Waals surface area contributed by atoms with Crippen LogP contribution in [0.4, 0.5) is 0 Å². The maximum absolute atomic E-state index is 14.2. The van der Waals surface area contributed by atoms with Crippen LogP contribution in [0.1, 0.15) is 99.3 Å². The van der Waals surface area contributed by atoms with Gasteiger partial charge in [0.05, 0.1) is 24.7 Å². The number of carbonyl (C=O) groups excluding carboxylic acids is 9. The van der Waals surface area contributed by atoms with E-state index in [1.54, 1.807) is 20.8 Å². The fraction of sp³-hybridized carbons (Fsp3) is 0.744. The second-order valence-corrected chi connectivity index (χ2v) is 16.6. The molecule has 2 fully saturated rings. The molecule has 14 N–H and O–H groups in total. The summed E-state index contributed by atoms with van der Waals surface area (Å²) >= 11 is 0. The van der Waals surface area contributed by atoms with Gasteiger partial charge in [0.25, 0.3) is 0 Å². The highest BCUT2D eigenvalue weighted by atomic mass is 16.4. The highest BCUT2D eigenvalue weighted by Crippen LogP contribution is 2.27. The molecule has 2 rings (SSSR count). The lowest BCUT2D eigenvalue weighted by atomic mass is 9.96. The molecular formula is C39H66N10O13. The Morgan fingerprint density at radius 3 is 1.71 bits per heavy atom. The van der Waals surface area contributed by atoms with E-state index in [2.05, 4.69) is 26.6 Å². The van der Waals surface area contributed by atoms with Crippen LogP contribution in [0.3, 0.4) is 0 Å². The van der Waals surface area contributed by atoms with Gasteiger partial charge < -0.3 is 68.9 Å². The number of likely N-dealkylation sites (tertiary alicyclic amines) is 2. The number of nitrogens with zero attached hydrogens (tertiary/aromatic N) is 2. The molecule has 2 aliphatic rings. The first-order valence-corrected chi connectivity index (χ1v) is 20.9. The minimum absolute atomic E-state index is 0.0443. The maximum Gasteiger partial charge on any atom is 0.328 e. The standard InChI is InChI=1S/C39H66N10O13/c1-7-19(4)29(45-32(54)22(40)17-28(42)53)38(60)49-15-9-11-26(49)37(59)48-14-8-10-25(48)35(57)44-24(16-18(2)3)34(56)46-30(20(5)50)36(58)43-23(12-13-27(41)52)33(55)47-31(21(6)51)39(61)62/h18-26,29-31,50-51H,7-17,40H2,1-6H3,(H2,41,52)(H2,42,53)(H,43,58)(H,44,57)(H,45,54)(H,46,56)(H,47,55)(H,61,62)/t19-,20+,21+,22-,23-,24-,25-,26-,29-,30-,31-/m0/s1. The van der Waals surface area contributed by atoms with Gasteiger partial charge in [-0.15, -0.1) is 0 Å². The molecule has 0 unspecified atom stereocenters. The summed E-state index contributed by atoms with van der Waals surface area (Å²) in [6.07, 6.45) is -2.49. The first kappa shape index (κ1) is 52.7. The van der Waals surface area contributed by atoms with E-state index >= 15 is 0 Å². The molecule has 350 valence electrons. The van der Waals surface area contributed by atoms with Crippen molar-refractivity contribution >= 4 is 59.1 Å². The molecule has 11 atom stereocenters. The second-order valence-electron chi connectivity index (χ2n) is 16.6. The van der Waals surface area contributed by atoms with Gasteiger partial charge in [-0.2, -0.15) is 0 Å². The molecule has 0 aromatic rings. The van der Waals surface area contributed by atoms with Crippen molar-refractivity contribution in [2.75, 3.05) is 13.1 Å². The van der Waals surface area contributed by atoms with Gasteiger partial charge in [0.1, 0.15) is 36.3 Å². The molecule has 2 saturated heterocycles. The second kappa shape index (κ2) is 24.3. The van der Waals surface area contributed by atoms with Gasteiger partial charge in [-0.25, -0.2) is 4.79 Å². The minimum Gasteiger partial charge on any atom is -0.480 e. The van der Waals surface area contributed by atoms with Crippen LogP contribution in [-0.4, -0.2) is 158 Å². The van der Waals surface area contributed by atoms with E-state index in [1.807, 2.05) is 6.92 Å². The number of hydrogen-bond acceptors (Lipinski definition) is 13. The predicted molar refractivity (Wildman–Crippen MR) is 219 cm³/mol. The lowest BCUT2D eigenvalue weighted by molar-refractivity contribution is -0.148. The zero-order chi connectivity index (χ0) is 47.2. The third-order valence-corrected chi connectivity index (χ3v) is 11.0. The average Bonchev–Trinajstić information content (AvgIpc) is 3.88. The van der Waals surface area contributed by atoms with Crippen molar-refractivity contribution in [2.24, 2.45) is 29.0 Å². The van der Waals surface area contributed by atoms with Gasteiger partial charge in [-0.1, -0.05) is 34.1 Å². The summed E-state index contributed by atoms with van der Waals surface area (Å²) < 4.78 is 0. The quantitative estimate of drug-likeness (QED) is 0.0438. The smallest absolute Gasteiger partial charge is 0.328 e. The molecule has 9 amide bonds. The van der Waals surface area contributed by atoms with Crippen molar-refractivity contribution in [2.45, 2.75) is 160 Å². The fourth-order valence-electron chi connectivity index (χ4n) is 7.30. The van der Waals surface area contributed by atoms with Crippen molar-refractivity contribution in [1.82, 2.24) is 36.4 Å². The van der Waals surface area contributed by atoms with E-state index in [4.69, 9.17) is 17.2 Å². The highest BCUT2D eigenvalue weighted by molar-refractivity contribution is 5.98. The van der Waals surface area contributed by atoms with Gasteiger partial charge in [0.2, 0.25) is 53.2 Å². The normalized spacial score (nSPS) is 20.6. The summed E-state index contributed by atoms with van der Waals surface area (Å²) in [5.41, 5.74) is 16.2. The number of aliphatic hydroxyl groups excluding tert-OH is 2. The summed E-state index contributed by atoms with van der Waals surface area (Å²) in [7, 11) is 0. The van der Waals surface area contributed by atoms with Gasteiger partial charge in [-0.3, -0.25) is 43.2 Å². The molecule has 2 aliphatic heterocycles. The number of aliphatic carboxylic acids is 1. The average molecular weight is 883 g/mol. The molecule has 2 heterocycles. The summed E-state index contributed by atoms with van der Waals surface area (Å²) in [5, 5.41) is 41.9. The summed E-state index contributed by atoms with van der Waals surface area (Å²) in [6.45, 7) is 9.75. The fourth-order valence-corrected chi connectivity index (χ4v) is 7.30. The predicted octanol–water partition coefficient (Wildman–Crippen LogP) is -4.20. The van der Waals surface area contributed by atoms with Gasteiger partial charge in [0.15, 0.2) is 6.04 Å². The lowest BCUT2D eigenvalue weighted by Crippen LogP contribution is -2.62. The van der Waals surface area contributed by atoms with Crippen LogP contribution in [0.15, 0.2) is 0 Å². The SMILES string of the molecule is CC[C@H](C)[C@H](NC(=O)[C@@H](N)CC(N)=O)C(=O)N1CCC[C@H]1C(=O)N1CCC[C@H]1C(=O)N[C@@H](CC(C)C)C(=O)N[C@H](C(=O)N[C@@H](CCC(N)=O)C(=O)N[C@H](C(=O)O)[C@@H](C)O)[C@@H](C)O. The number of rotatable bonds is 24. The van der Waals surface area contributed by atoms with E-state index < -0.39 is 139 Å². The van der Waals surface area contributed by atoms with Crippen molar-refractivity contribution in [3.63, 3.8) is 0 Å². The van der Waals surface area contributed by atoms with E-state index in [0.717, 1.165) is 6.92 Å². The monoisotopic (exact) mass is 882 g/mol. The van der Waals surface area contributed by atoms with Crippen LogP contribution in [0.5, 0.6) is 0 Å². The number of carboxylic acid groups (broad SMARTS) is 1. The van der Waals surface area contributed by atoms with E-state index in [1.165, 1.54) is 16.7 Å². The third kappa shape index (κ3) is 15.2. The Bertz CT molecular complexity index is 1660. The van der Waals surface area contributed by atoms with Crippen molar-refractivity contribution < 1.29 is 63.3 Å². The topological polar surface area (TPSA) is 376 Å². The van der Waals surface area contributed by atoms with E-state index in [9.17, 15) is 63.3 Å². The number of amides is 9. The van der Waals surface area contributed by atoms with E-state index in [-0.39, 0.29) is 44.2 Å². The first-order chi connectivity index (χ1) is 28.9. The number of primary amides is 2. The molecule has 0 aromatic carbocycles. The largest absolute Gasteiger partial charge is 0.480 e. The Kier molecular flexibility index (Phi) is 20.6. The highest BCUT2D eigenvalue weighted by Gasteiger charge is 2.45. The van der Waals surface area contributed by atoms with Crippen molar-refractivity contribution in [1.29, 1.82) is 0 Å². The Hall–Kier alpha value is -5.42. The molecule has 0 saturated carbocycles. The molecule has 62 heavy (non-hydrogen) atoms. The zero-order valence-electron chi connectivity index (χ0n) is 36.3. The summed E-state index contributed by atoms with van der Waals surface area (Å²) in [5.74, 6) is -9.38. The Morgan fingerprint density at radius 2 is 1.19 bits per heavy atom. The number of nitrogens with one attached hydrogen (secondary N) is 5. The van der Waals surface area contributed by atoms with E-state index in [0.29, 0.717) is 19.3 Å². The molecule has 0 spiro atoms. The maximum atomic E-state index is 14.2. The molecule has 0 bridgehead atoms. The Balaban J connectivity index is 2.28. The number of nitrogens with two attached hydrogens (primary N) is 3. The molecule has 23 heteroatoms. The molecule has 0 aliphatic carbocycles.